The number of unbranched alkanes of at least 4 members (excludes halogenated alkanes) is 1. The molecule has 0 saturated carbocycles. The smallest absolute Gasteiger partial charge is 0.143 e. The van der Waals surface area contributed by atoms with E-state index in [9.17, 15) is 0 Å². The molecule has 0 amide bonds. The minimum absolute atomic E-state index is 0.00689. The second kappa shape index (κ2) is 11.1. The Labute approximate surface area is 131 Å². The third kappa shape index (κ3) is 6.48. The number of benzene rings is 1. The van der Waals surface area contributed by atoms with E-state index in [2.05, 4.69) is 0 Å². The van der Waals surface area contributed by atoms with Crippen LogP contribution in [0.2, 0.25) is 0 Å². The summed E-state index contributed by atoms with van der Waals surface area (Å²) in [4.78, 5) is 5.73. The Morgan fingerprint density at radius 2 is 1.91 bits per heavy atom. The Kier molecular flexibility index (Phi) is 9.33. The lowest BCUT2D eigenvalue weighted by molar-refractivity contribution is 0.0583. The van der Waals surface area contributed by atoms with E-state index in [4.69, 9.17) is 30.3 Å². The molecule has 0 fully saturated rings. The zero-order valence-corrected chi connectivity index (χ0v) is 13.0. The van der Waals surface area contributed by atoms with Gasteiger partial charge in [-0.1, -0.05) is 0 Å². The van der Waals surface area contributed by atoms with Gasteiger partial charge in [-0.05, 0) is 25.0 Å². The number of methoxy groups -OCH3 is 1. The molecule has 1 aromatic carbocycles. The average molecular weight is 314 g/mol. The van der Waals surface area contributed by atoms with Crippen LogP contribution in [0.4, 0.5) is 11.4 Å². The van der Waals surface area contributed by atoms with Crippen LogP contribution >= 0.6 is 0 Å². The molecule has 7 heteroatoms. The molecule has 0 unspecified atom stereocenters. The van der Waals surface area contributed by atoms with E-state index >= 15 is 0 Å². The van der Waals surface area contributed by atoms with Crippen LogP contribution < -0.4 is 15.5 Å². The number of nitrogen functional groups attached to an aromatic ring is 1. The van der Waals surface area contributed by atoms with Gasteiger partial charge in [-0.25, -0.2) is 0 Å². The molecule has 1 rings (SSSR count). The Morgan fingerprint density at radius 3 is 2.59 bits per heavy atom. The normalized spacial score (nSPS) is 10.7. The lowest BCUT2D eigenvalue weighted by Crippen LogP contribution is -2.28. The fraction of sp³-hybridized carbons (Fsp3) is 0.600. The van der Waals surface area contributed by atoms with Crippen molar-refractivity contribution in [3.05, 3.63) is 18.2 Å². The molecular formula is C15H26N2O5. The number of hydroxylamine groups is 1. The van der Waals surface area contributed by atoms with Crippen molar-refractivity contribution in [3.8, 4) is 5.75 Å². The Balaban J connectivity index is 2.65. The van der Waals surface area contributed by atoms with Crippen LogP contribution in [-0.4, -0.2) is 56.9 Å². The van der Waals surface area contributed by atoms with Crippen molar-refractivity contribution < 1.29 is 24.5 Å². The van der Waals surface area contributed by atoms with Gasteiger partial charge in [-0.3, -0.25) is 9.90 Å². The minimum Gasteiger partial charge on any atom is -0.495 e. The lowest BCUT2D eigenvalue weighted by Gasteiger charge is -2.24. The molecule has 0 aliphatic rings. The van der Waals surface area contributed by atoms with Gasteiger partial charge in [0.05, 0.1) is 51.5 Å². The number of hydrogen-bond donors (Lipinski definition) is 3. The van der Waals surface area contributed by atoms with Crippen molar-refractivity contribution >= 4 is 11.4 Å². The molecule has 22 heavy (non-hydrogen) atoms. The van der Waals surface area contributed by atoms with Crippen LogP contribution in [0.1, 0.15) is 12.8 Å². The quantitative estimate of drug-likeness (QED) is 0.298. The first kappa shape index (κ1) is 18.5. The maximum Gasteiger partial charge on any atom is 0.143 e. The van der Waals surface area contributed by atoms with Gasteiger partial charge in [0.2, 0.25) is 0 Å². The summed E-state index contributed by atoms with van der Waals surface area (Å²) in [5.41, 5.74) is 7.18. The summed E-state index contributed by atoms with van der Waals surface area (Å²) in [6, 6.07) is 5.40. The van der Waals surface area contributed by atoms with Crippen LogP contribution in [0, 0.1) is 0 Å². The number of nitrogens with zero attached hydrogens (tertiary/aromatic N) is 1. The van der Waals surface area contributed by atoms with Crippen molar-refractivity contribution in [1.29, 1.82) is 0 Å². The molecule has 0 bridgehead atoms. The van der Waals surface area contributed by atoms with Gasteiger partial charge in [0.15, 0.2) is 0 Å². The number of aliphatic hydroxyl groups excluding tert-OH is 2. The first-order chi connectivity index (χ1) is 10.7. The maximum absolute atomic E-state index is 8.80. The van der Waals surface area contributed by atoms with Crippen molar-refractivity contribution in [2.24, 2.45) is 0 Å². The molecule has 7 nitrogen and oxygen atoms in total. The summed E-state index contributed by atoms with van der Waals surface area (Å²) in [7, 11) is 1.56. The van der Waals surface area contributed by atoms with Crippen LogP contribution in [0.3, 0.4) is 0 Å². The first-order valence-electron chi connectivity index (χ1n) is 7.36. The molecule has 0 aliphatic carbocycles. The van der Waals surface area contributed by atoms with E-state index in [1.54, 1.807) is 24.3 Å². The average Bonchev–Trinajstić information content (AvgIpc) is 2.54. The van der Waals surface area contributed by atoms with E-state index in [0.29, 0.717) is 44.2 Å². The summed E-state index contributed by atoms with van der Waals surface area (Å²) >= 11 is 0. The molecule has 0 spiro atoms. The predicted molar refractivity (Wildman–Crippen MR) is 84.9 cm³/mol. The fourth-order valence-corrected chi connectivity index (χ4v) is 1.83. The van der Waals surface area contributed by atoms with E-state index in [-0.39, 0.29) is 13.2 Å². The maximum atomic E-state index is 8.80. The van der Waals surface area contributed by atoms with E-state index in [1.165, 1.54) is 0 Å². The van der Waals surface area contributed by atoms with Gasteiger partial charge in [-0.2, -0.15) is 0 Å². The Morgan fingerprint density at radius 1 is 1.09 bits per heavy atom. The molecule has 4 N–H and O–H groups in total. The molecule has 0 saturated heterocycles. The van der Waals surface area contributed by atoms with Gasteiger partial charge in [0.25, 0.3) is 0 Å². The van der Waals surface area contributed by atoms with Gasteiger partial charge in [-0.15, -0.1) is 0 Å². The van der Waals surface area contributed by atoms with Crippen molar-refractivity contribution in [1.82, 2.24) is 0 Å². The van der Waals surface area contributed by atoms with Gasteiger partial charge < -0.3 is 25.4 Å². The zero-order chi connectivity index (χ0) is 16.2. The summed E-state index contributed by atoms with van der Waals surface area (Å²) < 4.78 is 10.5. The lowest BCUT2D eigenvalue weighted by atomic mass is 10.2. The largest absolute Gasteiger partial charge is 0.495 e. The second-order valence-corrected chi connectivity index (χ2v) is 4.63. The van der Waals surface area contributed by atoms with E-state index < -0.39 is 0 Å². The van der Waals surface area contributed by atoms with E-state index in [0.717, 1.165) is 12.1 Å². The third-order valence-electron chi connectivity index (χ3n) is 2.98. The predicted octanol–water partition coefficient (Wildman–Crippen LogP) is 0.797. The van der Waals surface area contributed by atoms with Crippen LogP contribution in [0.25, 0.3) is 0 Å². The van der Waals surface area contributed by atoms with Gasteiger partial charge in [0, 0.05) is 12.7 Å². The highest BCUT2D eigenvalue weighted by Gasteiger charge is 2.10. The highest BCUT2D eigenvalue weighted by Crippen LogP contribution is 2.27. The molecule has 0 atom stereocenters. The SMILES string of the molecule is COc1cc(N(CCOCCO)OCCCCO)ccc1N. The van der Waals surface area contributed by atoms with Gasteiger partial charge >= 0.3 is 0 Å². The topological polar surface area (TPSA) is 97.4 Å². The van der Waals surface area contributed by atoms with E-state index in [1.807, 2.05) is 6.07 Å². The number of hydrogen-bond acceptors (Lipinski definition) is 7. The van der Waals surface area contributed by atoms with Crippen molar-refractivity contribution in [3.63, 3.8) is 0 Å². The Bertz CT molecular complexity index is 405. The molecule has 0 radical (unpaired) electrons. The number of nitrogens with two attached hydrogens (primary N) is 1. The van der Waals surface area contributed by atoms with Crippen LogP contribution in [0.15, 0.2) is 18.2 Å². The van der Waals surface area contributed by atoms with Crippen LogP contribution in [-0.2, 0) is 9.57 Å². The first-order valence-corrected chi connectivity index (χ1v) is 7.36. The summed E-state index contributed by atoms with van der Waals surface area (Å²) in [5.74, 6) is 0.581. The monoisotopic (exact) mass is 314 g/mol. The standard InChI is InChI=1S/C15H26N2O5/c1-20-15-12-13(4-5-14(15)16)17(6-10-21-11-8-19)22-9-3-2-7-18/h4-5,12,18-19H,2-3,6-11,16H2,1H3. The molecule has 1 aromatic rings. The highest BCUT2D eigenvalue weighted by molar-refractivity contribution is 5.61. The Hall–Kier alpha value is -1.54. The number of rotatable bonds is 12. The summed E-state index contributed by atoms with van der Waals surface area (Å²) in [5, 5.41) is 19.2. The summed E-state index contributed by atoms with van der Waals surface area (Å²) in [6.45, 7) is 1.86. The highest BCUT2D eigenvalue weighted by atomic mass is 16.7. The number of aliphatic hydroxyl groups is 2. The molecule has 0 aromatic heterocycles. The number of anilines is 2. The third-order valence-corrected chi connectivity index (χ3v) is 2.98. The minimum atomic E-state index is -0.00689. The molecule has 0 heterocycles. The molecule has 0 aliphatic heterocycles. The van der Waals surface area contributed by atoms with Crippen molar-refractivity contribution in [2.45, 2.75) is 12.8 Å². The fourth-order valence-electron chi connectivity index (χ4n) is 1.83. The zero-order valence-electron chi connectivity index (χ0n) is 13.0. The van der Waals surface area contributed by atoms with Gasteiger partial charge in [0.1, 0.15) is 5.75 Å². The second-order valence-electron chi connectivity index (χ2n) is 4.63. The molecular weight excluding hydrogens is 288 g/mol. The van der Waals surface area contributed by atoms with Crippen molar-refractivity contribution in [2.75, 3.05) is 57.5 Å². The number of ether oxygens (including phenoxy) is 2. The summed E-state index contributed by atoms with van der Waals surface area (Å²) in [6.07, 6.45) is 1.45. The van der Waals surface area contributed by atoms with Crippen LogP contribution in [0.5, 0.6) is 5.75 Å². The molecule has 126 valence electrons.